The number of hydrogen-bond donors (Lipinski definition) is 1. The molecular weight excluding hydrogens is 567 g/mol. The summed E-state index contributed by atoms with van der Waals surface area (Å²) < 4.78 is 59.9. The number of amides is 1. The lowest BCUT2D eigenvalue weighted by atomic mass is 10.2. The molecule has 1 N–H and O–H groups in total. The van der Waals surface area contributed by atoms with Gasteiger partial charge in [-0.3, -0.25) is 9.48 Å². The number of ether oxygens (including phenoxy) is 1. The molecule has 0 spiro atoms. The van der Waals surface area contributed by atoms with Gasteiger partial charge in [-0.15, -0.1) is 0 Å². The summed E-state index contributed by atoms with van der Waals surface area (Å²) >= 11 is 5.84. The lowest BCUT2D eigenvalue weighted by Gasteiger charge is -2.25. The Morgan fingerprint density at radius 3 is 2.44 bits per heavy atom. The first kappa shape index (κ1) is 26.1. The molecule has 0 fully saturated rings. The third-order valence-electron chi connectivity index (χ3n) is 4.31. The molecule has 1 atom stereocenters. The van der Waals surface area contributed by atoms with Crippen LogP contribution in [0.1, 0.15) is 18.5 Å². The summed E-state index contributed by atoms with van der Waals surface area (Å²) in [6, 6.07) is 4.89. The molecule has 0 aliphatic heterocycles. The summed E-state index contributed by atoms with van der Waals surface area (Å²) in [5, 5.41) is 4.41. The molecule has 0 radical (unpaired) electrons. The number of quaternary nitrogens is 1. The number of rotatable bonds is 5. The number of nitrogens with zero attached hydrogens (tertiary/aromatic N) is 3. The number of halogens is 6. The summed E-state index contributed by atoms with van der Waals surface area (Å²) in [7, 11) is 5.38. The largest absolute Gasteiger partial charge is 1.00 e. The first-order chi connectivity index (χ1) is 14.3. The van der Waals surface area contributed by atoms with Gasteiger partial charge in [-0.05, 0) is 31.2 Å². The molecule has 1 aromatic heterocycles. The second-order valence-corrected chi connectivity index (χ2v) is 8.25. The van der Waals surface area contributed by atoms with Gasteiger partial charge in [0.05, 0.1) is 43.4 Å². The average Bonchev–Trinajstić information content (AvgIpc) is 3.04. The monoisotopic (exact) mass is 586 g/mol. The Bertz CT molecular complexity index is 1120. The number of carbonyl (C=O) groups excluding carboxylic acids is 1. The predicted molar refractivity (Wildman–Crippen MR) is 107 cm³/mol. The van der Waals surface area contributed by atoms with Crippen LogP contribution in [0.2, 0.25) is 5.02 Å². The van der Waals surface area contributed by atoms with Crippen LogP contribution in [0.25, 0.3) is 10.9 Å². The number of aromatic nitrogens is 2. The maximum Gasteiger partial charge on any atom is 0.416 e. The summed E-state index contributed by atoms with van der Waals surface area (Å²) in [6.45, 7) is 1.66. The smallest absolute Gasteiger partial charge is 0.416 e. The zero-order valence-corrected chi connectivity index (χ0v) is 20.4. The predicted octanol–water partition coefficient (Wildman–Crippen LogP) is 1.94. The first-order valence-corrected chi connectivity index (χ1v) is 9.49. The van der Waals surface area contributed by atoms with Gasteiger partial charge < -0.3 is 28.7 Å². The van der Waals surface area contributed by atoms with Gasteiger partial charge in [0.2, 0.25) is 0 Å². The third kappa shape index (κ3) is 5.81. The summed E-state index contributed by atoms with van der Waals surface area (Å²) in [5.74, 6) is -1.94. The van der Waals surface area contributed by atoms with Crippen molar-refractivity contribution in [3.63, 3.8) is 0 Å². The lowest BCUT2D eigenvalue weighted by molar-refractivity contribution is -0.906. The molecule has 6 nitrogen and oxygen atoms in total. The quantitative estimate of drug-likeness (QED) is 0.215. The van der Waals surface area contributed by atoms with E-state index in [2.05, 4.69) is 10.5 Å². The van der Waals surface area contributed by atoms with Crippen LogP contribution < -0.4 is 34.1 Å². The molecule has 0 saturated carbocycles. The van der Waals surface area contributed by atoms with E-state index in [1.54, 1.807) is 40.3 Å². The van der Waals surface area contributed by atoms with Gasteiger partial charge in [0, 0.05) is 11.5 Å². The Labute approximate surface area is 203 Å². The van der Waals surface area contributed by atoms with Crippen molar-refractivity contribution in [1.29, 1.82) is 0 Å². The van der Waals surface area contributed by atoms with Crippen molar-refractivity contribution in [2.45, 2.75) is 19.1 Å². The van der Waals surface area contributed by atoms with Gasteiger partial charge in [-0.2, -0.15) is 18.3 Å². The normalized spacial score (nSPS) is 12.9. The second-order valence-electron chi connectivity index (χ2n) is 7.84. The number of carbonyl (C=O) groups is 1. The van der Waals surface area contributed by atoms with E-state index in [0.717, 1.165) is 0 Å². The maximum absolute atomic E-state index is 14.3. The Morgan fingerprint density at radius 2 is 1.88 bits per heavy atom. The molecule has 0 aliphatic carbocycles. The molecule has 0 aliphatic rings. The molecule has 3 rings (SSSR count). The molecule has 1 amide bonds. The molecule has 12 heteroatoms. The molecule has 1 heterocycles. The van der Waals surface area contributed by atoms with Gasteiger partial charge in [0.25, 0.3) is 5.91 Å². The highest BCUT2D eigenvalue weighted by Gasteiger charge is 2.33. The molecule has 0 saturated heterocycles. The van der Waals surface area contributed by atoms with Crippen LogP contribution in [-0.2, 0) is 11.0 Å². The molecule has 1 unspecified atom stereocenters. The lowest BCUT2D eigenvalue weighted by Crippen LogP contribution is -3.00. The van der Waals surface area contributed by atoms with Gasteiger partial charge in [-0.1, -0.05) is 11.6 Å². The highest BCUT2D eigenvalue weighted by molar-refractivity contribution is 6.32. The fourth-order valence-corrected chi connectivity index (χ4v) is 3.11. The number of alkyl halides is 3. The minimum absolute atomic E-state index is 0. The molecule has 2 aromatic carbocycles. The summed E-state index contributed by atoms with van der Waals surface area (Å²) in [5.41, 5.74) is 2.11. The van der Waals surface area contributed by atoms with Crippen LogP contribution in [0.5, 0.6) is 11.5 Å². The van der Waals surface area contributed by atoms with Crippen molar-refractivity contribution in [1.82, 2.24) is 15.2 Å². The van der Waals surface area contributed by atoms with Gasteiger partial charge >= 0.3 is 6.18 Å². The van der Waals surface area contributed by atoms with Crippen LogP contribution in [0.3, 0.4) is 0 Å². The van der Waals surface area contributed by atoms with Gasteiger partial charge in [0.1, 0.15) is 11.8 Å². The molecule has 0 bridgehead atoms. The van der Waals surface area contributed by atoms with Crippen molar-refractivity contribution < 1.29 is 55.7 Å². The summed E-state index contributed by atoms with van der Waals surface area (Å²) in [6.07, 6.45) is -3.18. The van der Waals surface area contributed by atoms with Crippen molar-refractivity contribution in [3.8, 4) is 11.5 Å². The van der Waals surface area contributed by atoms with Crippen LogP contribution in [0.15, 0.2) is 36.5 Å². The van der Waals surface area contributed by atoms with Crippen molar-refractivity contribution in [3.05, 3.63) is 52.9 Å². The minimum atomic E-state index is -4.74. The molecule has 32 heavy (non-hydrogen) atoms. The SMILES string of the molecule is CC(C(=O)N[N+](C)(C)C)n1ncc2ccc(Oc3c(F)cc(C(F)(F)F)cc3Cl)cc21.[I-]. The van der Waals surface area contributed by atoms with E-state index >= 15 is 0 Å². The number of nitrogens with one attached hydrogen (secondary N) is 1. The highest BCUT2D eigenvalue weighted by atomic mass is 127. The minimum Gasteiger partial charge on any atom is -1.00 e. The van der Waals surface area contributed by atoms with Crippen molar-refractivity contribution in [2.75, 3.05) is 21.1 Å². The topological polar surface area (TPSA) is 56.2 Å². The van der Waals surface area contributed by atoms with Crippen LogP contribution in [0.4, 0.5) is 17.6 Å². The maximum atomic E-state index is 14.3. The van der Waals surface area contributed by atoms with Gasteiger partial charge in [0.15, 0.2) is 11.6 Å². The van der Waals surface area contributed by atoms with E-state index in [9.17, 15) is 22.4 Å². The van der Waals surface area contributed by atoms with E-state index in [0.29, 0.717) is 23.0 Å². The Balaban J connectivity index is 0.00000363. The fraction of sp³-hybridized carbons (Fsp3) is 0.300. The van der Waals surface area contributed by atoms with E-state index in [1.807, 2.05) is 0 Å². The highest BCUT2D eigenvalue weighted by Crippen LogP contribution is 2.39. The van der Waals surface area contributed by atoms with Gasteiger partial charge in [-0.25, -0.2) is 14.4 Å². The van der Waals surface area contributed by atoms with Crippen molar-refractivity contribution in [2.24, 2.45) is 0 Å². The number of fused-ring (bicyclic) bond motifs is 1. The molecule has 3 aromatic rings. The Morgan fingerprint density at radius 1 is 1.22 bits per heavy atom. The second kappa shape index (κ2) is 9.40. The summed E-state index contributed by atoms with van der Waals surface area (Å²) in [4.78, 5) is 12.5. The Kier molecular flexibility index (Phi) is 7.67. The zero-order chi connectivity index (χ0) is 23.1. The van der Waals surface area contributed by atoms with E-state index < -0.39 is 34.4 Å². The van der Waals surface area contributed by atoms with E-state index in [1.165, 1.54) is 16.8 Å². The number of benzene rings is 2. The molecule has 174 valence electrons. The first-order valence-electron chi connectivity index (χ1n) is 9.11. The third-order valence-corrected chi connectivity index (χ3v) is 4.59. The van der Waals surface area contributed by atoms with Crippen LogP contribution in [0, 0.1) is 5.82 Å². The number of hydrogen-bond acceptors (Lipinski definition) is 3. The van der Waals surface area contributed by atoms with E-state index in [4.69, 9.17) is 16.3 Å². The average molecular weight is 587 g/mol. The Hall–Kier alpha value is -2.12. The zero-order valence-electron chi connectivity index (χ0n) is 17.5. The molecular formula is C20H20ClF4IN4O2. The fourth-order valence-electron chi connectivity index (χ4n) is 2.86. The van der Waals surface area contributed by atoms with Crippen LogP contribution in [-0.4, -0.2) is 41.4 Å². The van der Waals surface area contributed by atoms with Crippen molar-refractivity contribution >= 4 is 28.4 Å². The van der Waals surface area contributed by atoms with Crippen LogP contribution >= 0.6 is 11.6 Å². The van der Waals surface area contributed by atoms with E-state index in [-0.39, 0.29) is 40.2 Å². The standard InChI is InChI=1S/C20H19ClF4N4O2.HI/c1-11(19(30)27-29(2,3)4)28-17-9-14(6-5-12(17)10-26-28)31-18-15(21)7-13(8-16(18)22)20(23,24)25;/h5-11H,1-4H3;1H.